The Labute approximate surface area is 226 Å². The van der Waals surface area contributed by atoms with Crippen LogP contribution in [0.4, 0.5) is 5.69 Å². The number of methoxy groups -OCH3 is 1. The average Bonchev–Trinajstić information content (AvgIpc) is 3.53. The number of esters is 1. The van der Waals surface area contributed by atoms with Crippen LogP contribution >= 0.6 is 0 Å². The Kier molecular flexibility index (Phi) is 6.40. The number of imidazole rings is 1. The molecule has 3 aromatic carbocycles. The van der Waals surface area contributed by atoms with Crippen LogP contribution < -0.4 is 5.32 Å². The zero-order valence-corrected chi connectivity index (χ0v) is 22.2. The average molecular weight is 523 g/mol. The summed E-state index contributed by atoms with van der Waals surface area (Å²) in [6.45, 7) is 4.99. The van der Waals surface area contributed by atoms with Gasteiger partial charge in [0.2, 0.25) is 5.91 Å². The van der Waals surface area contributed by atoms with Crippen LogP contribution in [0.3, 0.4) is 0 Å². The number of carbonyl (C=O) groups excluding carboxylic acids is 2. The number of ether oxygens (including phenoxy) is 2. The molecule has 0 unspecified atom stereocenters. The summed E-state index contributed by atoms with van der Waals surface area (Å²) in [5, 5.41) is 4.03. The van der Waals surface area contributed by atoms with Crippen molar-refractivity contribution in [3.63, 3.8) is 0 Å². The molecule has 2 aromatic heterocycles. The Bertz CT molecular complexity index is 1730. The maximum Gasteiger partial charge on any atom is 0.337 e. The first-order valence-corrected chi connectivity index (χ1v) is 13.1. The van der Waals surface area contributed by atoms with Gasteiger partial charge in [-0.1, -0.05) is 12.1 Å². The SMILES string of the molecule is COC(=O)c1ccc2nc(-c3c[nH]c4cc(C)ccc34)n(-c3cc(NC(C)=O)cc(C4CCOCC4)c3)c2c1. The van der Waals surface area contributed by atoms with Gasteiger partial charge in [-0.25, -0.2) is 9.78 Å². The molecule has 0 radical (unpaired) electrons. The number of fused-ring (bicyclic) bond motifs is 2. The van der Waals surface area contributed by atoms with E-state index in [1.54, 1.807) is 6.07 Å². The fourth-order valence-electron chi connectivity index (χ4n) is 5.49. The number of carbonyl (C=O) groups is 2. The molecule has 1 fully saturated rings. The lowest BCUT2D eigenvalue weighted by atomic mass is 9.91. The van der Waals surface area contributed by atoms with Gasteiger partial charge in [-0.3, -0.25) is 9.36 Å². The maximum absolute atomic E-state index is 12.5. The third kappa shape index (κ3) is 4.68. The smallest absolute Gasteiger partial charge is 0.337 e. The van der Waals surface area contributed by atoms with Crippen LogP contribution in [0.25, 0.3) is 39.0 Å². The molecule has 0 aliphatic carbocycles. The Hall–Kier alpha value is -4.43. The summed E-state index contributed by atoms with van der Waals surface area (Å²) in [6.07, 6.45) is 3.80. The second-order valence-corrected chi connectivity index (χ2v) is 10.1. The van der Waals surface area contributed by atoms with E-state index in [-0.39, 0.29) is 5.91 Å². The first-order chi connectivity index (χ1) is 18.9. The monoisotopic (exact) mass is 522 g/mol. The molecule has 0 bridgehead atoms. The van der Waals surface area contributed by atoms with E-state index in [0.29, 0.717) is 30.4 Å². The number of hydrogen-bond donors (Lipinski definition) is 2. The molecular formula is C31H30N4O4. The predicted molar refractivity (Wildman–Crippen MR) is 152 cm³/mol. The molecule has 1 saturated heterocycles. The summed E-state index contributed by atoms with van der Waals surface area (Å²) in [4.78, 5) is 33.0. The summed E-state index contributed by atoms with van der Waals surface area (Å²) >= 11 is 0. The van der Waals surface area contributed by atoms with Crippen LogP contribution in [0.2, 0.25) is 0 Å². The quantitative estimate of drug-likeness (QED) is 0.271. The predicted octanol–water partition coefficient (Wildman–Crippen LogP) is 6.12. The number of hydrogen-bond acceptors (Lipinski definition) is 5. The molecule has 2 N–H and O–H groups in total. The standard InChI is InChI=1S/C31H30N4O4/c1-18-4-6-25-26(17-32-28(25)12-18)30-34-27-7-5-21(31(37)38-3)15-29(27)35(30)24-14-22(20-8-10-39-11-9-20)13-23(16-24)33-19(2)36/h4-7,12-17,20,32H,8-11H2,1-3H3,(H,33,36). The van der Waals surface area contributed by atoms with Gasteiger partial charge in [-0.15, -0.1) is 0 Å². The van der Waals surface area contributed by atoms with Crippen molar-refractivity contribution in [2.75, 3.05) is 25.6 Å². The Morgan fingerprint density at radius 1 is 1.08 bits per heavy atom. The van der Waals surface area contributed by atoms with E-state index < -0.39 is 5.97 Å². The highest BCUT2D eigenvalue weighted by Gasteiger charge is 2.22. The molecule has 39 heavy (non-hydrogen) atoms. The number of anilines is 1. The number of aromatic nitrogens is 3. The minimum absolute atomic E-state index is 0.138. The lowest BCUT2D eigenvalue weighted by Crippen LogP contribution is -2.15. The van der Waals surface area contributed by atoms with E-state index in [2.05, 4.69) is 46.1 Å². The second-order valence-electron chi connectivity index (χ2n) is 10.1. The molecule has 8 heteroatoms. The fraction of sp³-hybridized carbons (Fsp3) is 0.258. The number of nitrogens with one attached hydrogen (secondary N) is 2. The molecule has 3 heterocycles. The van der Waals surface area contributed by atoms with Crippen LogP contribution in [0.1, 0.15) is 47.2 Å². The van der Waals surface area contributed by atoms with Gasteiger partial charge in [0.15, 0.2) is 0 Å². The summed E-state index contributed by atoms with van der Waals surface area (Å²) < 4.78 is 12.7. The zero-order chi connectivity index (χ0) is 27.1. The lowest BCUT2D eigenvalue weighted by Gasteiger charge is -2.24. The summed E-state index contributed by atoms with van der Waals surface area (Å²) in [5.41, 5.74) is 7.78. The van der Waals surface area contributed by atoms with Gasteiger partial charge in [-0.2, -0.15) is 0 Å². The van der Waals surface area contributed by atoms with Gasteiger partial charge in [0.25, 0.3) is 0 Å². The molecule has 1 amide bonds. The summed E-state index contributed by atoms with van der Waals surface area (Å²) in [5.74, 6) is 0.496. The first-order valence-electron chi connectivity index (χ1n) is 13.1. The molecular weight excluding hydrogens is 492 g/mol. The van der Waals surface area contributed by atoms with Gasteiger partial charge in [0, 0.05) is 48.5 Å². The number of benzene rings is 3. The molecule has 6 rings (SSSR count). The van der Waals surface area contributed by atoms with Gasteiger partial charge >= 0.3 is 5.97 Å². The van der Waals surface area contributed by atoms with Gasteiger partial charge in [0.05, 0.1) is 29.4 Å². The number of aryl methyl sites for hydroxylation is 1. The fourth-order valence-corrected chi connectivity index (χ4v) is 5.49. The summed E-state index contributed by atoms with van der Waals surface area (Å²) in [7, 11) is 1.38. The maximum atomic E-state index is 12.5. The van der Waals surface area contributed by atoms with Crippen LogP contribution in [-0.2, 0) is 14.3 Å². The van der Waals surface area contributed by atoms with Crippen LogP contribution in [0.15, 0.2) is 60.8 Å². The highest BCUT2D eigenvalue weighted by atomic mass is 16.5. The molecule has 5 aromatic rings. The van der Waals surface area contributed by atoms with E-state index in [1.807, 2.05) is 30.5 Å². The Morgan fingerprint density at radius 2 is 1.90 bits per heavy atom. The largest absolute Gasteiger partial charge is 0.465 e. The highest BCUT2D eigenvalue weighted by Crippen LogP contribution is 2.37. The minimum atomic E-state index is -0.413. The number of rotatable bonds is 5. The van der Waals surface area contributed by atoms with E-state index in [4.69, 9.17) is 14.5 Å². The Morgan fingerprint density at radius 3 is 2.67 bits per heavy atom. The van der Waals surface area contributed by atoms with Crippen molar-refractivity contribution in [3.05, 3.63) is 77.5 Å². The lowest BCUT2D eigenvalue weighted by molar-refractivity contribution is -0.114. The first kappa shape index (κ1) is 24.9. The van der Waals surface area contributed by atoms with Crippen molar-refractivity contribution in [3.8, 4) is 17.1 Å². The van der Waals surface area contributed by atoms with E-state index in [9.17, 15) is 9.59 Å². The van der Waals surface area contributed by atoms with Crippen LogP contribution in [0.5, 0.6) is 0 Å². The second kappa shape index (κ2) is 10.0. The molecule has 1 aliphatic heterocycles. The number of H-pyrrole nitrogens is 1. The van der Waals surface area contributed by atoms with Gasteiger partial charge < -0.3 is 19.8 Å². The molecule has 0 saturated carbocycles. The number of nitrogens with zero attached hydrogens (tertiary/aromatic N) is 2. The normalized spacial score (nSPS) is 14.1. The number of amides is 1. The third-order valence-corrected chi connectivity index (χ3v) is 7.37. The van der Waals surface area contributed by atoms with Crippen molar-refractivity contribution in [1.29, 1.82) is 0 Å². The van der Waals surface area contributed by atoms with E-state index in [1.165, 1.54) is 14.0 Å². The topological polar surface area (TPSA) is 98.2 Å². The van der Waals surface area contributed by atoms with Crippen molar-refractivity contribution in [2.45, 2.75) is 32.6 Å². The zero-order valence-electron chi connectivity index (χ0n) is 22.2. The van der Waals surface area contributed by atoms with E-state index in [0.717, 1.165) is 63.0 Å². The van der Waals surface area contributed by atoms with Crippen molar-refractivity contribution in [2.24, 2.45) is 0 Å². The van der Waals surface area contributed by atoms with Gasteiger partial charge in [-0.05, 0) is 79.3 Å². The molecule has 0 spiro atoms. The van der Waals surface area contributed by atoms with Crippen molar-refractivity contribution in [1.82, 2.24) is 14.5 Å². The molecule has 0 atom stereocenters. The highest BCUT2D eigenvalue weighted by molar-refractivity contribution is 5.99. The third-order valence-electron chi connectivity index (χ3n) is 7.37. The molecule has 198 valence electrons. The van der Waals surface area contributed by atoms with Crippen molar-refractivity contribution >= 4 is 39.5 Å². The van der Waals surface area contributed by atoms with Crippen LogP contribution in [0, 0.1) is 6.92 Å². The minimum Gasteiger partial charge on any atom is -0.465 e. The summed E-state index contributed by atoms with van der Waals surface area (Å²) in [6, 6.07) is 17.9. The van der Waals surface area contributed by atoms with Crippen LogP contribution in [-0.4, -0.2) is 46.7 Å². The van der Waals surface area contributed by atoms with E-state index >= 15 is 0 Å². The molecule has 1 aliphatic rings. The van der Waals surface area contributed by atoms with Crippen molar-refractivity contribution < 1.29 is 19.1 Å². The Balaban J connectivity index is 1.63. The van der Waals surface area contributed by atoms with Gasteiger partial charge in [0.1, 0.15) is 5.82 Å². The molecule has 8 nitrogen and oxygen atoms in total. The number of aromatic amines is 1.